The molecule has 1 saturated heterocycles. The number of amides is 2. The topological polar surface area (TPSA) is 60.9 Å². The lowest BCUT2D eigenvalue weighted by Gasteiger charge is -2.22. The number of hydrogen-bond donors (Lipinski definition) is 1. The Labute approximate surface area is 155 Å². The summed E-state index contributed by atoms with van der Waals surface area (Å²) in [6.45, 7) is 1.45. The van der Waals surface area contributed by atoms with Gasteiger partial charge in [-0.25, -0.2) is 4.39 Å². The molecule has 2 amide bonds. The second-order valence-corrected chi connectivity index (χ2v) is 6.52. The van der Waals surface area contributed by atoms with E-state index in [0.717, 1.165) is 0 Å². The minimum Gasteiger partial charge on any atom is -0.507 e. The molecule has 1 fully saturated rings. The number of aromatic hydroxyl groups is 1. The Balaban J connectivity index is 1.72. The minimum atomic E-state index is -0.557. The number of phenolic OH excluding ortho intramolecular Hbond substituents is 1. The maximum absolute atomic E-state index is 13.9. The van der Waals surface area contributed by atoms with E-state index in [2.05, 4.69) is 0 Å². The van der Waals surface area contributed by atoms with Gasteiger partial charge in [-0.15, -0.1) is 0 Å². The molecule has 1 N–H and O–H groups in total. The number of rotatable bonds is 2. The smallest absolute Gasteiger partial charge is 0.257 e. The molecule has 3 rings (SSSR count). The largest absolute Gasteiger partial charge is 0.507 e. The first-order valence-electron chi connectivity index (χ1n) is 8.29. The Morgan fingerprint density at radius 1 is 0.923 bits per heavy atom. The molecule has 0 aromatic heterocycles. The van der Waals surface area contributed by atoms with Gasteiger partial charge in [-0.1, -0.05) is 23.7 Å². The Hall–Kier alpha value is -2.60. The normalized spacial score (nSPS) is 14.8. The molecule has 2 aromatic carbocycles. The molecular weight excluding hydrogens is 359 g/mol. The van der Waals surface area contributed by atoms with Crippen LogP contribution in [0.4, 0.5) is 4.39 Å². The first-order valence-corrected chi connectivity index (χ1v) is 8.67. The van der Waals surface area contributed by atoms with Gasteiger partial charge in [0.1, 0.15) is 11.6 Å². The summed E-state index contributed by atoms with van der Waals surface area (Å²) in [6, 6.07) is 10.2. The highest BCUT2D eigenvalue weighted by Crippen LogP contribution is 2.23. The number of carbonyl (C=O) groups excluding carboxylic acids is 2. The molecule has 136 valence electrons. The standard InChI is InChI=1S/C19H18ClFN2O3/c20-13-6-7-17(24)15(12-13)19(26)23-9-3-8-22(10-11-23)18(25)14-4-1-2-5-16(14)21/h1-2,4-7,12,24H,3,8-11H2. The highest BCUT2D eigenvalue weighted by Gasteiger charge is 2.26. The summed E-state index contributed by atoms with van der Waals surface area (Å²) < 4.78 is 13.9. The van der Waals surface area contributed by atoms with Crippen molar-refractivity contribution in [2.45, 2.75) is 6.42 Å². The van der Waals surface area contributed by atoms with E-state index >= 15 is 0 Å². The molecule has 1 aliphatic heterocycles. The molecule has 0 bridgehead atoms. The number of nitrogens with zero attached hydrogens (tertiary/aromatic N) is 2. The van der Waals surface area contributed by atoms with Crippen LogP contribution in [-0.2, 0) is 0 Å². The van der Waals surface area contributed by atoms with Crippen LogP contribution in [0, 0.1) is 5.82 Å². The van der Waals surface area contributed by atoms with Gasteiger partial charge in [0, 0.05) is 31.2 Å². The van der Waals surface area contributed by atoms with Gasteiger partial charge in [0.2, 0.25) is 0 Å². The van der Waals surface area contributed by atoms with E-state index in [9.17, 15) is 19.1 Å². The van der Waals surface area contributed by atoms with E-state index in [1.807, 2.05) is 0 Å². The molecule has 0 atom stereocenters. The Morgan fingerprint density at radius 3 is 2.19 bits per heavy atom. The van der Waals surface area contributed by atoms with Gasteiger partial charge >= 0.3 is 0 Å². The van der Waals surface area contributed by atoms with Gasteiger partial charge in [-0.3, -0.25) is 9.59 Å². The molecular formula is C19H18ClFN2O3. The van der Waals surface area contributed by atoms with Gasteiger partial charge in [0.25, 0.3) is 11.8 Å². The minimum absolute atomic E-state index is 0.0276. The summed E-state index contributed by atoms with van der Waals surface area (Å²) in [7, 11) is 0. The summed E-state index contributed by atoms with van der Waals surface area (Å²) >= 11 is 5.91. The maximum Gasteiger partial charge on any atom is 0.257 e. The molecule has 1 heterocycles. The Morgan fingerprint density at radius 2 is 1.54 bits per heavy atom. The third-order valence-electron chi connectivity index (χ3n) is 4.36. The fourth-order valence-corrected chi connectivity index (χ4v) is 3.15. The second-order valence-electron chi connectivity index (χ2n) is 6.08. The first-order chi connectivity index (χ1) is 12.5. The summed E-state index contributed by atoms with van der Waals surface area (Å²) in [5.74, 6) is -1.42. The van der Waals surface area contributed by atoms with E-state index in [1.165, 1.54) is 36.4 Å². The molecule has 0 spiro atoms. The lowest BCUT2D eigenvalue weighted by Crippen LogP contribution is -2.37. The zero-order valence-electron chi connectivity index (χ0n) is 14.0. The zero-order chi connectivity index (χ0) is 18.7. The van der Waals surface area contributed by atoms with E-state index in [-0.39, 0.29) is 28.7 Å². The Bertz CT molecular complexity index is 843. The van der Waals surface area contributed by atoms with Crippen molar-refractivity contribution in [1.29, 1.82) is 0 Å². The molecule has 0 saturated carbocycles. The second kappa shape index (κ2) is 7.74. The maximum atomic E-state index is 13.9. The lowest BCUT2D eigenvalue weighted by molar-refractivity contribution is 0.0714. The number of halogens is 2. The van der Waals surface area contributed by atoms with Gasteiger partial charge in [0.05, 0.1) is 11.1 Å². The van der Waals surface area contributed by atoms with Crippen molar-refractivity contribution in [3.8, 4) is 5.75 Å². The van der Waals surface area contributed by atoms with E-state index < -0.39 is 5.82 Å². The van der Waals surface area contributed by atoms with Crippen LogP contribution in [0.2, 0.25) is 5.02 Å². The van der Waals surface area contributed by atoms with Crippen LogP contribution in [0.5, 0.6) is 5.75 Å². The Kier molecular flexibility index (Phi) is 5.42. The van der Waals surface area contributed by atoms with Crippen LogP contribution < -0.4 is 0 Å². The van der Waals surface area contributed by atoms with Gasteiger partial charge < -0.3 is 14.9 Å². The van der Waals surface area contributed by atoms with Crippen LogP contribution in [-0.4, -0.2) is 52.9 Å². The molecule has 26 heavy (non-hydrogen) atoms. The van der Waals surface area contributed by atoms with Crippen LogP contribution in [0.1, 0.15) is 27.1 Å². The van der Waals surface area contributed by atoms with Crippen molar-refractivity contribution < 1.29 is 19.1 Å². The average molecular weight is 377 g/mol. The number of hydrogen-bond acceptors (Lipinski definition) is 3. The molecule has 0 aliphatic carbocycles. The van der Waals surface area contributed by atoms with Gasteiger partial charge in [-0.2, -0.15) is 0 Å². The van der Waals surface area contributed by atoms with Gasteiger partial charge in [-0.05, 0) is 36.8 Å². The van der Waals surface area contributed by atoms with Crippen molar-refractivity contribution in [1.82, 2.24) is 9.80 Å². The fraction of sp³-hybridized carbons (Fsp3) is 0.263. The summed E-state index contributed by atoms with van der Waals surface area (Å²) in [5, 5.41) is 10.3. The van der Waals surface area contributed by atoms with E-state index in [0.29, 0.717) is 37.6 Å². The quantitative estimate of drug-likeness (QED) is 0.875. The van der Waals surface area contributed by atoms with Crippen LogP contribution in [0.15, 0.2) is 42.5 Å². The molecule has 5 nitrogen and oxygen atoms in total. The number of carbonyl (C=O) groups is 2. The molecule has 7 heteroatoms. The highest BCUT2D eigenvalue weighted by atomic mass is 35.5. The van der Waals surface area contributed by atoms with Gasteiger partial charge in [0.15, 0.2) is 0 Å². The zero-order valence-corrected chi connectivity index (χ0v) is 14.7. The average Bonchev–Trinajstić information content (AvgIpc) is 2.89. The third-order valence-corrected chi connectivity index (χ3v) is 4.60. The monoisotopic (exact) mass is 376 g/mol. The first kappa shape index (κ1) is 18.2. The third kappa shape index (κ3) is 3.80. The van der Waals surface area contributed by atoms with Crippen LogP contribution >= 0.6 is 11.6 Å². The SMILES string of the molecule is O=C(c1cc(Cl)ccc1O)N1CCCN(C(=O)c2ccccc2F)CC1. The van der Waals surface area contributed by atoms with Crippen molar-refractivity contribution in [2.75, 3.05) is 26.2 Å². The molecule has 1 aliphatic rings. The van der Waals surface area contributed by atoms with Crippen molar-refractivity contribution in [3.05, 3.63) is 64.4 Å². The predicted molar refractivity (Wildman–Crippen MR) is 95.9 cm³/mol. The number of benzene rings is 2. The predicted octanol–water partition coefficient (Wildman–Crippen LogP) is 3.17. The molecule has 0 radical (unpaired) electrons. The van der Waals surface area contributed by atoms with Crippen molar-refractivity contribution in [3.63, 3.8) is 0 Å². The highest BCUT2D eigenvalue weighted by molar-refractivity contribution is 6.31. The summed E-state index contributed by atoms with van der Waals surface area (Å²) in [6.07, 6.45) is 0.563. The molecule has 2 aromatic rings. The van der Waals surface area contributed by atoms with E-state index in [4.69, 9.17) is 11.6 Å². The van der Waals surface area contributed by atoms with Crippen molar-refractivity contribution in [2.24, 2.45) is 0 Å². The fourth-order valence-electron chi connectivity index (χ4n) is 2.98. The van der Waals surface area contributed by atoms with Crippen LogP contribution in [0.25, 0.3) is 0 Å². The number of phenols is 1. The summed E-state index contributed by atoms with van der Waals surface area (Å²) in [5.41, 5.74) is 0.158. The van der Waals surface area contributed by atoms with Crippen molar-refractivity contribution >= 4 is 23.4 Å². The summed E-state index contributed by atoms with van der Waals surface area (Å²) in [4.78, 5) is 28.3. The lowest BCUT2D eigenvalue weighted by atomic mass is 10.1. The van der Waals surface area contributed by atoms with Crippen LogP contribution in [0.3, 0.4) is 0 Å². The molecule has 0 unspecified atom stereocenters. The van der Waals surface area contributed by atoms with E-state index in [1.54, 1.807) is 15.9 Å².